The molecule has 114 valence electrons. The molecule has 0 amide bonds. The minimum absolute atomic E-state index is 0.00986. The van der Waals surface area contributed by atoms with Gasteiger partial charge in [-0.2, -0.15) is 4.57 Å². The number of ether oxygens (including phenoxy) is 2. The van der Waals surface area contributed by atoms with E-state index in [2.05, 4.69) is 0 Å². The van der Waals surface area contributed by atoms with Crippen LogP contribution in [0, 0.1) is 5.82 Å². The highest BCUT2D eigenvalue weighted by molar-refractivity contribution is 6.05. The van der Waals surface area contributed by atoms with Crippen molar-refractivity contribution in [2.75, 3.05) is 20.8 Å². The van der Waals surface area contributed by atoms with Crippen LogP contribution in [0.3, 0.4) is 0 Å². The molecule has 5 heteroatoms. The quantitative estimate of drug-likeness (QED) is 0.594. The summed E-state index contributed by atoms with van der Waals surface area (Å²) in [7, 11) is 3.15. The molecule has 0 fully saturated rings. The molecular formula is C17H17FNO3+. The molecule has 0 unspecified atom stereocenters. The summed E-state index contributed by atoms with van der Waals surface area (Å²) in [6.07, 6.45) is 1.92. The minimum atomic E-state index is -0.301. The van der Waals surface area contributed by atoms with E-state index in [1.54, 1.807) is 20.3 Å². The van der Waals surface area contributed by atoms with Gasteiger partial charge in [0.2, 0.25) is 5.52 Å². The Hall–Kier alpha value is -2.40. The summed E-state index contributed by atoms with van der Waals surface area (Å²) in [5.41, 5.74) is 0.857. The van der Waals surface area contributed by atoms with Crippen LogP contribution >= 0.6 is 0 Å². The highest BCUT2D eigenvalue weighted by atomic mass is 19.1. The van der Waals surface area contributed by atoms with Gasteiger partial charge in [0.15, 0.2) is 24.2 Å². The second kappa shape index (κ2) is 5.77. The van der Waals surface area contributed by atoms with Gasteiger partial charge in [-0.15, -0.1) is 0 Å². The van der Waals surface area contributed by atoms with Crippen LogP contribution in [0.25, 0.3) is 21.7 Å². The highest BCUT2D eigenvalue weighted by Gasteiger charge is 2.16. The van der Waals surface area contributed by atoms with Crippen molar-refractivity contribution in [1.82, 2.24) is 0 Å². The van der Waals surface area contributed by atoms with Crippen LogP contribution in [-0.4, -0.2) is 25.9 Å². The van der Waals surface area contributed by atoms with E-state index >= 15 is 0 Å². The molecule has 1 heterocycles. The third-order valence-corrected chi connectivity index (χ3v) is 3.75. The number of halogens is 1. The fourth-order valence-electron chi connectivity index (χ4n) is 2.74. The molecule has 0 aliphatic carbocycles. The molecule has 4 nitrogen and oxygen atoms in total. The molecule has 0 saturated carbocycles. The zero-order chi connectivity index (χ0) is 15.7. The predicted octanol–water partition coefficient (Wildman–Crippen LogP) is 2.43. The van der Waals surface area contributed by atoms with Gasteiger partial charge in [-0.05, 0) is 24.3 Å². The monoisotopic (exact) mass is 302 g/mol. The van der Waals surface area contributed by atoms with Crippen LogP contribution in [0.1, 0.15) is 0 Å². The Bertz CT molecular complexity index is 848. The summed E-state index contributed by atoms with van der Waals surface area (Å²) < 4.78 is 26.3. The lowest BCUT2D eigenvalue weighted by Gasteiger charge is -2.10. The Balaban J connectivity index is 2.43. The van der Waals surface area contributed by atoms with Crippen molar-refractivity contribution in [3.8, 4) is 11.5 Å². The van der Waals surface area contributed by atoms with Gasteiger partial charge in [0.1, 0.15) is 12.4 Å². The molecule has 0 aliphatic rings. The summed E-state index contributed by atoms with van der Waals surface area (Å²) in [6.45, 7) is 0.447. The molecule has 0 spiro atoms. The van der Waals surface area contributed by atoms with E-state index in [0.717, 1.165) is 21.7 Å². The molecule has 3 aromatic rings. The molecule has 3 rings (SSSR count). The van der Waals surface area contributed by atoms with Gasteiger partial charge in [-0.25, -0.2) is 4.39 Å². The first-order chi connectivity index (χ1) is 10.7. The van der Waals surface area contributed by atoms with Crippen LogP contribution in [0.5, 0.6) is 11.5 Å². The fraction of sp³-hybridized carbons (Fsp3) is 0.235. The van der Waals surface area contributed by atoms with E-state index in [1.165, 1.54) is 12.1 Å². The molecular weight excluding hydrogens is 285 g/mol. The number of benzene rings is 2. The summed E-state index contributed by atoms with van der Waals surface area (Å²) >= 11 is 0. The van der Waals surface area contributed by atoms with Crippen LogP contribution in [0.4, 0.5) is 4.39 Å². The normalized spacial score (nSPS) is 11.1. The molecule has 1 aromatic heterocycles. The number of rotatable bonds is 4. The SMILES string of the molecule is COc1cc2c[n+](CCO)c3ccc(F)cc3c2cc1OC. The number of hydrogen-bond acceptors (Lipinski definition) is 3. The second-order valence-corrected chi connectivity index (χ2v) is 5.00. The summed E-state index contributed by atoms with van der Waals surface area (Å²) in [5.74, 6) is 0.909. The Kier molecular flexibility index (Phi) is 3.81. The highest BCUT2D eigenvalue weighted by Crippen LogP contribution is 2.34. The third-order valence-electron chi connectivity index (χ3n) is 3.75. The Morgan fingerprint density at radius 2 is 1.77 bits per heavy atom. The molecule has 0 bridgehead atoms. The average Bonchev–Trinajstić information content (AvgIpc) is 2.53. The number of aromatic nitrogens is 1. The maximum Gasteiger partial charge on any atom is 0.213 e. The number of fused-ring (bicyclic) bond motifs is 3. The van der Waals surface area contributed by atoms with E-state index in [-0.39, 0.29) is 12.4 Å². The van der Waals surface area contributed by atoms with Crippen LogP contribution in [-0.2, 0) is 6.54 Å². The number of hydrogen-bond donors (Lipinski definition) is 1. The Morgan fingerprint density at radius 3 is 2.45 bits per heavy atom. The van der Waals surface area contributed by atoms with Gasteiger partial charge in [0, 0.05) is 11.5 Å². The van der Waals surface area contributed by atoms with Gasteiger partial charge in [0.05, 0.1) is 25.0 Å². The van der Waals surface area contributed by atoms with Crippen molar-refractivity contribution in [1.29, 1.82) is 0 Å². The zero-order valence-electron chi connectivity index (χ0n) is 12.5. The van der Waals surface area contributed by atoms with E-state index < -0.39 is 0 Å². The third kappa shape index (κ3) is 2.33. The Morgan fingerprint density at radius 1 is 1.05 bits per heavy atom. The summed E-state index contributed by atoms with van der Waals surface area (Å²) in [5, 5.41) is 11.8. The van der Waals surface area contributed by atoms with Gasteiger partial charge in [-0.1, -0.05) is 0 Å². The van der Waals surface area contributed by atoms with E-state index in [0.29, 0.717) is 18.0 Å². The molecule has 2 aromatic carbocycles. The average molecular weight is 302 g/mol. The van der Waals surface area contributed by atoms with Crippen molar-refractivity contribution < 1.29 is 23.5 Å². The first kappa shape index (κ1) is 14.5. The molecule has 0 saturated heterocycles. The predicted molar refractivity (Wildman–Crippen MR) is 81.8 cm³/mol. The maximum atomic E-state index is 13.7. The number of aliphatic hydroxyl groups is 1. The largest absolute Gasteiger partial charge is 0.493 e. The summed E-state index contributed by atoms with van der Waals surface area (Å²) in [6, 6.07) is 8.34. The molecule has 0 atom stereocenters. The molecule has 0 aliphatic heterocycles. The van der Waals surface area contributed by atoms with Crippen LogP contribution in [0.2, 0.25) is 0 Å². The smallest absolute Gasteiger partial charge is 0.213 e. The zero-order valence-corrected chi connectivity index (χ0v) is 12.5. The molecule has 1 N–H and O–H groups in total. The van der Waals surface area contributed by atoms with Gasteiger partial charge >= 0.3 is 0 Å². The number of nitrogens with zero attached hydrogens (tertiary/aromatic N) is 1. The minimum Gasteiger partial charge on any atom is -0.493 e. The lowest BCUT2D eigenvalue weighted by Crippen LogP contribution is -2.36. The van der Waals surface area contributed by atoms with Crippen LogP contribution in [0.15, 0.2) is 36.5 Å². The molecule has 0 radical (unpaired) electrons. The van der Waals surface area contributed by atoms with E-state index in [1.807, 2.05) is 22.9 Å². The summed E-state index contributed by atoms with van der Waals surface area (Å²) in [4.78, 5) is 0. The topological polar surface area (TPSA) is 42.6 Å². The fourth-order valence-corrected chi connectivity index (χ4v) is 2.74. The molecule has 22 heavy (non-hydrogen) atoms. The Labute approximate surface area is 127 Å². The van der Waals surface area contributed by atoms with Crippen molar-refractivity contribution >= 4 is 21.7 Å². The van der Waals surface area contributed by atoms with E-state index in [9.17, 15) is 9.50 Å². The number of pyridine rings is 1. The first-order valence-electron chi connectivity index (χ1n) is 6.96. The van der Waals surface area contributed by atoms with Gasteiger partial charge in [-0.3, -0.25) is 0 Å². The van der Waals surface area contributed by atoms with Crippen molar-refractivity contribution in [3.63, 3.8) is 0 Å². The van der Waals surface area contributed by atoms with Crippen molar-refractivity contribution in [2.45, 2.75) is 6.54 Å². The van der Waals surface area contributed by atoms with Crippen LogP contribution < -0.4 is 14.0 Å². The lowest BCUT2D eigenvalue weighted by atomic mass is 10.0. The van der Waals surface area contributed by atoms with Gasteiger partial charge < -0.3 is 14.6 Å². The maximum absolute atomic E-state index is 13.7. The van der Waals surface area contributed by atoms with Crippen molar-refractivity contribution in [3.05, 3.63) is 42.3 Å². The lowest BCUT2D eigenvalue weighted by molar-refractivity contribution is -0.671. The number of aliphatic hydroxyl groups excluding tert-OH is 1. The first-order valence-corrected chi connectivity index (χ1v) is 6.96. The second-order valence-electron chi connectivity index (χ2n) is 5.00. The van der Waals surface area contributed by atoms with Crippen molar-refractivity contribution in [2.24, 2.45) is 0 Å². The standard InChI is InChI=1S/C17H17FNO3/c1-21-16-7-11-10-19(5-6-20)15-4-3-12(18)8-14(15)13(11)9-17(16)22-2/h3-4,7-10,20H,5-6H2,1-2H3/q+1. The number of methoxy groups -OCH3 is 2. The van der Waals surface area contributed by atoms with E-state index in [4.69, 9.17) is 9.47 Å². The van der Waals surface area contributed by atoms with Gasteiger partial charge in [0.25, 0.3) is 0 Å².